The molecule has 1 aliphatic heterocycles. The van der Waals surface area contributed by atoms with Gasteiger partial charge in [-0.25, -0.2) is 13.8 Å². The maximum atomic E-state index is 14.7. The number of alkyl halides is 1. The lowest BCUT2D eigenvalue weighted by Crippen LogP contribution is -2.40. The summed E-state index contributed by atoms with van der Waals surface area (Å²) in [6, 6.07) is 8.94. The highest BCUT2D eigenvalue weighted by Gasteiger charge is 2.68. The third-order valence-corrected chi connectivity index (χ3v) is 8.55. The van der Waals surface area contributed by atoms with E-state index in [2.05, 4.69) is 20.9 Å². The maximum Gasteiger partial charge on any atom is 0.294 e. The highest BCUT2D eigenvalue weighted by Crippen LogP contribution is 2.67. The van der Waals surface area contributed by atoms with Gasteiger partial charge in [-0.05, 0) is 49.6 Å². The number of thioether (sulfide) groups is 1. The van der Waals surface area contributed by atoms with Gasteiger partial charge in [0.25, 0.3) is 10.1 Å². The SMILES string of the molecule is Cc1ccc(S(=O)(=O)O)c(C[C@@]23C[C@H]2[C@@](CF)(c2cc(Br)ccc2F)N=C(N)S3)c1. The lowest BCUT2D eigenvalue weighted by molar-refractivity contribution is 0.263. The Morgan fingerprint density at radius 3 is 2.73 bits per heavy atom. The van der Waals surface area contributed by atoms with Crippen LogP contribution in [0.4, 0.5) is 8.78 Å². The van der Waals surface area contributed by atoms with Crippen molar-refractivity contribution in [3.05, 3.63) is 63.4 Å². The molecule has 4 rings (SSSR count). The van der Waals surface area contributed by atoms with Gasteiger partial charge in [-0.3, -0.25) is 4.55 Å². The van der Waals surface area contributed by atoms with E-state index < -0.39 is 32.9 Å². The Kier molecular flexibility index (Phi) is 5.28. The number of hydrogen-bond acceptors (Lipinski definition) is 5. The Morgan fingerprint density at radius 1 is 1.33 bits per heavy atom. The van der Waals surface area contributed by atoms with Crippen molar-refractivity contribution in [2.24, 2.45) is 16.6 Å². The van der Waals surface area contributed by atoms with E-state index in [9.17, 15) is 21.8 Å². The zero-order chi connectivity index (χ0) is 21.9. The fourth-order valence-electron chi connectivity index (χ4n) is 4.43. The van der Waals surface area contributed by atoms with Gasteiger partial charge >= 0.3 is 0 Å². The highest BCUT2D eigenvalue weighted by molar-refractivity contribution is 9.10. The number of benzene rings is 2. The number of amidine groups is 1. The van der Waals surface area contributed by atoms with Crippen molar-refractivity contribution in [2.75, 3.05) is 6.67 Å². The average molecular weight is 517 g/mol. The van der Waals surface area contributed by atoms with Gasteiger partial charge in [0.05, 0.1) is 4.90 Å². The maximum absolute atomic E-state index is 14.7. The lowest BCUT2D eigenvalue weighted by atomic mass is 9.84. The molecule has 0 bridgehead atoms. The number of nitrogens with two attached hydrogens (primary N) is 1. The largest absolute Gasteiger partial charge is 0.378 e. The summed E-state index contributed by atoms with van der Waals surface area (Å²) >= 11 is 4.56. The van der Waals surface area contributed by atoms with Crippen molar-refractivity contribution < 1.29 is 21.8 Å². The van der Waals surface area contributed by atoms with Crippen LogP contribution in [0, 0.1) is 18.7 Å². The van der Waals surface area contributed by atoms with Gasteiger partial charge in [0.15, 0.2) is 5.17 Å². The molecule has 0 amide bonds. The van der Waals surface area contributed by atoms with Crippen LogP contribution in [0.1, 0.15) is 23.1 Å². The van der Waals surface area contributed by atoms with Crippen LogP contribution in [0.2, 0.25) is 0 Å². The van der Waals surface area contributed by atoms with Gasteiger partial charge in [0.2, 0.25) is 0 Å². The summed E-state index contributed by atoms with van der Waals surface area (Å²) < 4.78 is 62.6. The van der Waals surface area contributed by atoms with Gasteiger partial charge in [-0.15, -0.1) is 0 Å². The summed E-state index contributed by atoms with van der Waals surface area (Å²) in [5.41, 5.74) is 5.95. The predicted molar refractivity (Wildman–Crippen MR) is 117 cm³/mol. The number of aliphatic imine (C=N–C) groups is 1. The molecule has 2 aromatic carbocycles. The Hall–Kier alpha value is -1.49. The van der Waals surface area contributed by atoms with Crippen LogP contribution in [0.5, 0.6) is 0 Å². The van der Waals surface area contributed by atoms with Crippen LogP contribution in [0.25, 0.3) is 0 Å². The Balaban J connectivity index is 1.80. The molecule has 160 valence electrons. The Bertz CT molecular complexity index is 1170. The fraction of sp³-hybridized carbons (Fsp3) is 0.350. The second-order valence-corrected chi connectivity index (χ2v) is 11.6. The monoisotopic (exact) mass is 516 g/mol. The number of hydrogen-bond donors (Lipinski definition) is 2. The van der Waals surface area contributed by atoms with E-state index in [1.807, 2.05) is 6.92 Å². The van der Waals surface area contributed by atoms with E-state index in [1.165, 1.54) is 36.0 Å². The van der Waals surface area contributed by atoms with Crippen LogP contribution < -0.4 is 5.73 Å². The molecule has 10 heteroatoms. The molecule has 1 saturated carbocycles. The molecule has 3 N–H and O–H groups in total. The van der Waals surface area contributed by atoms with Crippen LogP contribution in [0.15, 0.2) is 50.8 Å². The number of rotatable bonds is 5. The van der Waals surface area contributed by atoms with Crippen LogP contribution in [0.3, 0.4) is 0 Å². The first-order valence-corrected chi connectivity index (χ1v) is 12.2. The number of aryl methyl sites for hydroxylation is 1. The standard InChI is InChI=1S/C20H19BrF2N2O3S2/c1-11-2-5-16(30(26,27)28)12(6-11)8-19-9-17(19)20(10-22,25-18(24)29-19)14-7-13(21)3-4-15(14)23/h2-7,17H,8-10H2,1H3,(H2,24,25)(H,26,27,28)/t17-,19-,20-/m1/s1. The molecule has 2 aromatic rings. The molecule has 5 nitrogen and oxygen atoms in total. The average Bonchev–Trinajstić information content (AvgIpc) is 3.36. The van der Waals surface area contributed by atoms with Gasteiger partial charge < -0.3 is 5.73 Å². The second kappa shape index (κ2) is 7.29. The molecule has 3 atom stereocenters. The fourth-order valence-corrected chi connectivity index (χ4v) is 6.94. The predicted octanol–water partition coefficient (Wildman–Crippen LogP) is 4.37. The van der Waals surface area contributed by atoms with Gasteiger partial charge in [0, 0.05) is 20.7 Å². The smallest absolute Gasteiger partial charge is 0.294 e. The summed E-state index contributed by atoms with van der Waals surface area (Å²) in [6.45, 7) is 0.874. The van der Waals surface area contributed by atoms with E-state index >= 15 is 0 Å². The Morgan fingerprint density at radius 2 is 2.07 bits per heavy atom. The molecule has 30 heavy (non-hydrogen) atoms. The normalized spacial score (nSPS) is 28.0. The number of nitrogens with zero attached hydrogens (tertiary/aromatic N) is 1. The molecule has 0 saturated heterocycles. The topological polar surface area (TPSA) is 92.8 Å². The minimum absolute atomic E-state index is 0.119. The van der Waals surface area contributed by atoms with Gasteiger partial charge in [-0.1, -0.05) is 45.4 Å². The van der Waals surface area contributed by atoms with Gasteiger partial charge in [0.1, 0.15) is 18.0 Å². The van der Waals surface area contributed by atoms with Crippen LogP contribution in [-0.4, -0.2) is 29.6 Å². The Labute approximate surface area is 186 Å². The lowest BCUT2D eigenvalue weighted by Gasteiger charge is -2.35. The zero-order valence-electron chi connectivity index (χ0n) is 15.9. The molecule has 0 radical (unpaired) electrons. The van der Waals surface area contributed by atoms with Crippen molar-refractivity contribution >= 4 is 43.0 Å². The van der Waals surface area contributed by atoms with Crippen molar-refractivity contribution in [2.45, 2.75) is 34.9 Å². The second-order valence-electron chi connectivity index (χ2n) is 7.82. The first-order valence-electron chi connectivity index (χ1n) is 9.14. The number of fused-ring (bicyclic) bond motifs is 1. The van der Waals surface area contributed by atoms with Crippen molar-refractivity contribution in [1.29, 1.82) is 0 Å². The summed E-state index contributed by atoms with van der Waals surface area (Å²) in [5, 5.41) is 0.127. The molecule has 1 aliphatic carbocycles. The quantitative estimate of drug-likeness (QED) is 0.575. The van der Waals surface area contributed by atoms with Crippen molar-refractivity contribution in [3.8, 4) is 0 Å². The van der Waals surface area contributed by atoms with E-state index in [0.29, 0.717) is 16.5 Å². The summed E-state index contributed by atoms with van der Waals surface area (Å²) in [7, 11) is -4.43. The van der Waals surface area contributed by atoms with Crippen LogP contribution >= 0.6 is 27.7 Å². The van der Waals surface area contributed by atoms with Crippen LogP contribution in [-0.2, 0) is 22.1 Å². The third kappa shape index (κ3) is 3.57. The molecular weight excluding hydrogens is 498 g/mol. The molecule has 1 heterocycles. The molecule has 2 aliphatic rings. The van der Waals surface area contributed by atoms with Crippen molar-refractivity contribution in [1.82, 2.24) is 0 Å². The molecule has 0 unspecified atom stereocenters. The summed E-state index contributed by atoms with van der Waals surface area (Å²) in [4.78, 5) is 4.17. The molecule has 0 aromatic heterocycles. The third-order valence-electron chi connectivity index (χ3n) is 5.80. The molecule has 1 fully saturated rings. The summed E-state index contributed by atoms with van der Waals surface area (Å²) in [6.07, 6.45) is 0.712. The van der Waals surface area contributed by atoms with Crippen molar-refractivity contribution in [3.63, 3.8) is 0 Å². The zero-order valence-corrected chi connectivity index (χ0v) is 19.1. The first-order chi connectivity index (χ1) is 14.0. The number of halogens is 3. The van der Waals surface area contributed by atoms with Gasteiger partial charge in [-0.2, -0.15) is 8.42 Å². The highest BCUT2D eigenvalue weighted by atomic mass is 79.9. The van der Waals surface area contributed by atoms with E-state index in [4.69, 9.17) is 5.73 Å². The molecular formula is C20H19BrF2N2O3S2. The van der Waals surface area contributed by atoms with E-state index in [0.717, 1.165) is 5.56 Å². The summed E-state index contributed by atoms with van der Waals surface area (Å²) in [5.74, 6) is -0.958. The van der Waals surface area contributed by atoms with E-state index in [1.54, 1.807) is 12.1 Å². The minimum atomic E-state index is -4.43. The van der Waals surface area contributed by atoms with E-state index in [-0.39, 0.29) is 28.0 Å². The minimum Gasteiger partial charge on any atom is -0.378 e. The first kappa shape index (κ1) is 21.7. The molecule has 0 spiro atoms.